The fourth-order valence-electron chi connectivity index (χ4n) is 1.70. The molecule has 0 spiro atoms. The lowest BCUT2D eigenvalue weighted by Crippen LogP contribution is -2.29. The van der Waals surface area contributed by atoms with Crippen molar-refractivity contribution in [2.45, 2.75) is 24.5 Å². The Hall–Kier alpha value is -1.04. The van der Waals surface area contributed by atoms with Crippen LogP contribution < -0.4 is 5.11 Å². The van der Waals surface area contributed by atoms with Crippen LogP contribution in [0.1, 0.15) is 19.3 Å². The van der Waals surface area contributed by atoms with Gasteiger partial charge in [-0.1, -0.05) is 11.8 Å². The molecular weight excluding hydrogens is 216 g/mol. The first-order valence-corrected chi connectivity index (χ1v) is 5.79. The zero-order chi connectivity index (χ0) is 10.8. The molecule has 0 radical (unpaired) electrons. The Bertz CT molecular complexity index is 323. The highest BCUT2D eigenvalue weighted by Gasteiger charge is 2.32. The smallest absolute Gasteiger partial charge is 0.262 e. The summed E-state index contributed by atoms with van der Waals surface area (Å²) in [5, 5.41) is 10.5. The summed E-state index contributed by atoms with van der Waals surface area (Å²) in [5.74, 6) is -1.54. The van der Waals surface area contributed by atoms with Crippen LogP contribution in [0, 0.1) is 0 Å². The minimum absolute atomic E-state index is 0.246. The van der Waals surface area contributed by atoms with Gasteiger partial charge in [0.25, 0.3) is 5.91 Å². The van der Waals surface area contributed by atoms with E-state index >= 15 is 0 Å². The van der Waals surface area contributed by atoms with E-state index in [0.29, 0.717) is 5.17 Å². The molecule has 0 N–H and O–H groups in total. The molecule has 2 aliphatic heterocycles. The molecule has 0 aliphatic carbocycles. The van der Waals surface area contributed by atoms with Gasteiger partial charge in [-0.15, -0.1) is 0 Å². The molecule has 15 heavy (non-hydrogen) atoms. The molecule has 6 heteroatoms. The maximum atomic E-state index is 11.4. The number of amides is 1. The Kier molecular flexibility index (Phi) is 2.95. The van der Waals surface area contributed by atoms with E-state index in [9.17, 15) is 14.7 Å². The van der Waals surface area contributed by atoms with Crippen LogP contribution in [-0.4, -0.2) is 40.3 Å². The minimum atomic E-state index is -1.20. The number of carboxylic acid groups (broad SMARTS) is 1. The highest BCUT2D eigenvalue weighted by Crippen LogP contribution is 2.28. The van der Waals surface area contributed by atoms with Crippen molar-refractivity contribution >= 4 is 28.8 Å². The topological polar surface area (TPSA) is 72.8 Å². The summed E-state index contributed by atoms with van der Waals surface area (Å²) in [5.41, 5.74) is 0. The van der Waals surface area contributed by atoms with Gasteiger partial charge in [0.2, 0.25) is 0 Å². The lowest BCUT2D eigenvalue weighted by atomic mass is 10.3. The number of thioether (sulfide) groups is 1. The van der Waals surface area contributed by atoms with Crippen molar-refractivity contribution in [1.29, 1.82) is 0 Å². The van der Waals surface area contributed by atoms with Crippen molar-refractivity contribution in [2.24, 2.45) is 4.99 Å². The molecule has 0 aromatic heterocycles. The fourth-order valence-corrected chi connectivity index (χ4v) is 2.81. The number of carbonyl (C=O) groups excluding carboxylic acids is 2. The van der Waals surface area contributed by atoms with E-state index in [0.717, 1.165) is 25.9 Å². The highest BCUT2D eigenvalue weighted by molar-refractivity contribution is 8.15. The van der Waals surface area contributed by atoms with E-state index in [1.165, 1.54) is 11.8 Å². The van der Waals surface area contributed by atoms with Gasteiger partial charge in [-0.25, -0.2) is 0 Å². The second-order valence-corrected chi connectivity index (χ2v) is 4.78. The van der Waals surface area contributed by atoms with Gasteiger partial charge in [0, 0.05) is 25.5 Å². The van der Waals surface area contributed by atoms with E-state index in [-0.39, 0.29) is 12.3 Å². The van der Waals surface area contributed by atoms with Crippen LogP contribution in [0.3, 0.4) is 0 Å². The van der Waals surface area contributed by atoms with Crippen LogP contribution in [0.2, 0.25) is 0 Å². The molecule has 1 amide bonds. The number of hydrogen-bond acceptors (Lipinski definition) is 5. The monoisotopic (exact) mass is 227 g/mol. The Labute approximate surface area is 91.5 Å². The van der Waals surface area contributed by atoms with Crippen LogP contribution in [0.4, 0.5) is 0 Å². The first kappa shape index (κ1) is 10.5. The molecule has 0 aromatic rings. The van der Waals surface area contributed by atoms with E-state index in [1.54, 1.807) is 0 Å². The van der Waals surface area contributed by atoms with Gasteiger partial charge >= 0.3 is 0 Å². The van der Waals surface area contributed by atoms with Gasteiger partial charge in [-0.2, -0.15) is 4.99 Å². The van der Waals surface area contributed by atoms with Crippen LogP contribution in [0.25, 0.3) is 0 Å². The van der Waals surface area contributed by atoms with E-state index in [4.69, 9.17) is 0 Å². The van der Waals surface area contributed by atoms with E-state index in [2.05, 4.69) is 4.99 Å². The predicted octanol–water partition coefficient (Wildman–Crippen LogP) is -0.780. The molecule has 0 saturated carbocycles. The summed E-state index contributed by atoms with van der Waals surface area (Å²) in [6.07, 6.45) is 1.97. The van der Waals surface area contributed by atoms with Gasteiger partial charge in [-0.3, -0.25) is 4.79 Å². The highest BCUT2D eigenvalue weighted by atomic mass is 32.2. The zero-order valence-corrected chi connectivity index (χ0v) is 8.96. The SMILES string of the molecule is O=C([O-])C[C@@H]1SC(N2CCCC2)=NC1=O. The summed E-state index contributed by atoms with van der Waals surface area (Å²) in [4.78, 5) is 27.7. The number of likely N-dealkylation sites (tertiary alicyclic amines) is 1. The molecule has 0 bridgehead atoms. The van der Waals surface area contributed by atoms with E-state index < -0.39 is 11.2 Å². The number of carbonyl (C=O) groups is 2. The summed E-state index contributed by atoms with van der Waals surface area (Å²) >= 11 is 1.25. The van der Waals surface area contributed by atoms with Gasteiger partial charge in [-0.05, 0) is 12.8 Å². The lowest BCUT2D eigenvalue weighted by molar-refractivity contribution is -0.305. The molecule has 5 nitrogen and oxygen atoms in total. The second kappa shape index (κ2) is 4.22. The molecule has 0 aromatic carbocycles. The molecule has 2 rings (SSSR count). The number of hydrogen-bond donors (Lipinski definition) is 0. The average Bonchev–Trinajstić information content (AvgIpc) is 2.75. The Morgan fingerprint density at radius 1 is 1.53 bits per heavy atom. The largest absolute Gasteiger partial charge is 0.550 e. The molecule has 82 valence electrons. The fraction of sp³-hybridized carbons (Fsp3) is 0.667. The molecule has 0 unspecified atom stereocenters. The molecule has 2 heterocycles. The summed E-state index contributed by atoms with van der Waals surface area (Å²) in [7, 11) is 0. The van der Waals surface area contributed by atoms with Crippen LogP contribution in [0.15, 0.2) is 4.99 Å². The van der Waals surface area contributed by atoms with Crippen LogP contribution in [0.5, 0.6) is 0 Å². The minimum Gasteiger partial charge on any atom is -0.550 e. The number of amidine groups is 1. The van der Waals surface area contributed by atoms with Gasteiger partial charge in [0.1, 0.15) is 0 Å². The first-order valence-electron chi connectivity index (χ1n) is 4.91. The van der Waals surface area contributed by atoms with Crippen LogP contribution >= 0.6 is 11.8 Å². The van der Waals surface area contributed by atoms with Crippen molar-refractivity contribution in [2.75, 3.05) is 13.1 Å². The molecular formula is C9H11N2O3S-. The number of aliphatic imine (C=N–C) groups is 1. The number of rotatable bonds is 2. The van der Waals surface area contributed by atoms with E-state index in [1.807, 2.05) is 4.90 Å². The molecule has 1 fully saturated rings. The third-order valence-corrected chi connectivity index (χ3v) is 3.67. The summed E-state index contributed by atoms with van der Waals surface area (Å²) in [6.45, 7) is 1.83. The van der Waals surface area contributed by atoms with Crippen molar-refractivity contribution < 1.29 is 14.7 Å². The summed E-state index contributed by atoms with van der Waals surface area (Å²) in [6, 6.07) is 0. The quantitative estimate of drug-likeness (QED) is 0.618. The van der Waals surface area contributed by atoms with Crippen molar-refractivity contribution in [1.82, 2.24) is 4.90 Å². The average molecular weight is 227 g/mol. The third kappa shape index (κ3) is 2.31. The zero-order valence-electron chi connectivity index (χ0n) is 8.14. The normalized spacial score (nSPS) is 25.9. The predicted molar refractivity (Wildman–Crippen MR) is 54.3 cm³/mol. The number of carboxylic acids is 1. The molecule has 1 saturated heterocycles. The van der Waals surface area contributed by atoms with Gasteiger partial charge < -0.3 is 14.8 Å². The third-order valence-electron chi connectivity index (χ3n) is 2.46. The Balaban J connectivity index is 1.97. The molecule has 2 aliphatic rings. The summed E-state index contributed by atoms with van der Waals surface area (Å²) < 4.78 is 0. The van der Waals surface area contributed by atoms with Gasteiger partial charge in [0.15, 0.2) is 5.17 Å². The maximum absolute atomic E-state index is 11.4. The van der Waals surface area contributed by atoms with Crippen LogP contribution in [-0.2, 0) is 9.59 Å². The Morgan fingerprint density at radius 3 is 2.80 bits per heavy atom. The molecule has 1 atom stereocenters. The first-order chi connectivity index (χ1) is 7.16. The Morgan fingerprint density at radius 2 is 2.20 bits per heavy atom. The lowest BCUT2D eigenvalue weighted by Gasteiger charge is -2.16. The standard InChI is InChI=1S/C9H12N2O3S/c12-7(13)5-6-8(14)10-9(15-6)11-3-1-2-4-11/h6H,1-5H2,(H,12,13)/p-1/t6-/m0/s1. The van der Waals surface area contributed by atoms with Crippen molar-refractivity contribution in [3.8, 4) is 0 Å². The number of aliphatic carboxylic acids is 1. The van der Waals surface area contributed by atoms with Gasteiger partial charge in [0.05, 0.1) is 5.25 Å². The second-order valence-electron chi connectivity index (χ2n) is 3.61. The maximum Gasteiger partial charge on any atom is 0.262 e. The number of nitrogens with zero attached hydrogens (tertiary/aromatic N) is 2. The van der Waals surface area contributed by atoms with Crippen molar-refractivity contribution in [3.63, 3.8) is 0 Å². The van der Waals surface area contributed by atoms with Crippen molar-refractivity contribution in [3.05, 3.63) is 0 Å².